The van der Waals surface area contributed by atoms with Gasteiger partial charge in [0.05, 0.1) is 11.4 Å². The lowest BCUT2D eigenvalue weighted by atomic mass is 9.87. The highest BCUT2D eigenvalue weighted by Gasteiger charge is 2.32. The van der Waals surface area contributed by atoms with Crippen LogP contribution in [0.4, 0.5) is 4.39 Å². The summed E-state index contributed by atoms with van der Waals surface area (Å²) in [5, 5.41) is 2.88. The molecule has 3 rings (SSSR count). The molecule has 174 valence electrons. The summed E-state index contributed by atoms with van der Waals surface area (Å²) >= 11 is 0. The number of sulfonamides is 1. The molecule has 0 atom stereocenters. The number of hydrogen-bond acceptors (Lipinski definition) is 4. The van der Waals surface area contributed by atoms with E-state index in [-0.39, 0.29) is 35.2 Å². The van der Waals surface area contributed by atoms with Gasteiger partial charge in [-0.2, -0.15) is 4.31 Å². The molecule has 1 N–H and O–H groups in total. The van der Waals surface area contributed by atoms with Gasteiger partial charge in [-0.15, -0.1) is 0 Å². The second kappa shape index (κ2) is 10.0. The number of carbonyl (C=O) groups is 1. The highest BCUT2D eigenvalue weighted by molar-refractivity contribution is 7.89. The molecule has 2 aromatic carbocycles. The maximum absolute atomic E-state index is 13.1. The van der Waals surface area contributed by atoms with Crippen molar-refractivity contribution < 1.29 is 22.3 Å². The summed E-state index contributed by atoms with van der Waals surface area (Å²) < 4.78 is 45.5. The Bertz CT molecular complexity index is 1010. The van der Waals surface area contributed by atoms with Crippen LogP contribution in [0.5, 0.6) is 5.75 Å². The van der Waals surface area contributed by atoms with E-state index in [9.17, 15) is 17.6 Å². The molecular formula is C24H31FN2O4S. The van der Waals surface area contributed by atoms with E-state index < -0.39 is 15.8 Å². The third kappa shape index (κ3) is 6.07. The summed E-state index contributed by atoms with van der Waals surface area (Å²) in [7, 11) is -3.68. The monoisotopic (exact) mass is 462 g/mol. The van der Waals surface area contributed by atoms with Gasteiger partial charge in [0.2, 0.25) is 15.9 Å². The molecule has 0 aromatic heterocycles. The summed E-state index contributed by atoms with van der Waals surface area (Å²) in [6.07, 6.45) is 0.892. The van der Waals surface area contributed by atoms with E-state index in [1.807, 2.05) is 24.3 Å². The third-order valence-electron chi connectivity index (χ3n) is 5.67. The van der Waals surface area contributed by atoms with Crippen LogP contribution >= 0.6 is 0 Å². The van der Waals surface area contributed by atoms with Gasteiger partial charge in [0.1, 0.15) is 18.2 Å². The number of amides is 1. The van der Waals surface area contributed by atoms with Crippen LogP contribution in [-0.2, 0) is 20.2 Å². The van der Waals surface area contributed by atoms with Crippen molar-refractivity contribution in [1.82, 2.24) is 9.62 Å². The molecule has 0 aliphatic carbocycles. The maximum Gasteiger partial charge on any atom is 0.243 e. The predicted octanol–water partition coefficient (Wildman–Crippen LogP) is 3.72. The van der Waals surface area contributed by atoms with Crippen LogP contribution < -0.4 is 10.1 Å². The van der Waals surface area contributed by atoms with Crippen molar-refractivity contribution in [2.24, 2.45) is 5.92 Å². The number of nitrogens with one attached hydrogen (secondary N) is 1. The quantitative estimate of drug-likeness (QED) is 0.637. The largest absolute Gasteiger partial charge is 0.492 e. The Kier molecular flexibility index (Phi) is 7.56. The van der Waals surface area contributed by atoms with Gasteiger partial charge in [-0.25, -0.2) is 12.8 Å². The Morgan fingerprint density at radius 2 is 1.66 bits per heavy atom. The second-order valence-electron chi connectivity index (χ2n) is 9.05. The summed E-state index contributed by atoms with van der Waals surface area (Å²) in [6, 6.07) is 12.7. The first-order valence-electron chi connectivity index (χ1n) is 10.8. The first kappa shape index (κ1) is 24.2. The predicted molar refractivity (Wildman–Crippen MR) is 122 cm³/mol. The Morgan fingerprint density at radius 3 is 2.22 bits per heavy atom. The smallest absolute Gasteiger partial charge is 0.243 e. The summed E-state index contributed by atoms with van der Waals surface area (Å²) in [5.41, 5.74) is 1.31. The van der Waals surface area contributed by atoms with E-state index in [1.54, 1.807) is 0 Å². The number of piperidine rings is 1. The molecule has 0 spiro atoms. The minimum absolute atomic E-state index is 0.0643. The van der Waals surface area contributed by atoms with E-state index in [1.165, 1.54) is 22.0 Å². The number of rotatable bonds is 7. The number of hydrogen-bond donors (Lipinski definition) is 1. The van der Waals surface area contributed by atoms with E-state index in [2.05, 4.69) is 26.1 Å². The number of benzene rings is 2. The van der Waals surface area contributed by atoms with Gasteiger partial charge in [0, 0.05) is 19.0 Å². The average Bonchev–Trinajstić information content (AvgIpc) is 2.76. The van der Waals surface area contributed by atoms with Crippen LogP contribution in [0.25, 0.3) is 0 Å². The van der Waals surface area contributed by atoms with Crippen molar-refractivity contribution in [3.8, 4) is 5.75 Å². The molecule has 1 aliphatic rings. The summed E-state index contributed by atoms with van der Waals surface area (Å²) in [5.74, 6) is -0.0481. The zero-order chi connectivity index (χ0) is 23.4. The number of ether oxygens (including phenoxy) is 1. The fourth-order valence-corrected chi connectivity index (χ4v) is 5.12. The van der Waals surface area contributed by atoms with Crippen molar-refractivity contribution in [1.29, 1.82) is 0 Å². The SMILES string of the molecule is CC(C)(C)c1ccc(OCCNC(=O)C2CCN(S(=O)(=O)c3ccc(F)cc3)CC2)cc1. The fourth-order valence-electron chi connectivity index (χ4n) is 3.65. The topological polar surface area (TPSA) is 75.7 Å². The standard InChI is InChI=1S/C24H31FN2O4S/c1-24(2,3)19-4-8-21(9-5-19)31-17-14-26-23(28)18-12-15-27(16-13-18)32(29,30)22-10-6-20(25)7-11-22/h4-11,18H,12-17H2,1-3H3,(H,26,28). The molecule has 6 nitrogen and oxygen atoms in total. The van der Waals surface area contributed by atoms with Crippen LogP contribution in [0, 0.1) is 11.7 Å². The average molecular weight is 463 g/mol. The van der Waals surface area contributed by atoms with Gasteiger partial charge >= 0.3 is 0 Å². The normalized spacial score (nSPS) is 16.0. The van der Waals surface area contributed by atoms with Crippen LogP contribution in [0.15, 0.2) is 53.4 Å². The maximum atomic E-state index is 13.1. The Balaban J connectivity index is 1.41. The molecule has 2 aromatic rings. The minimum atomic E-state index is -3.68. The Hall–Kier alpha value is -2.45. The molecule has 1 aliphatic heterocycles. The first-order valence-corrected chi connectivity index (χ1v) is 12.3. The van der Waals surface area contributed by atoms with Crippen molar-refractivity contribution in [2.45, 2.75) is 43.9 Å². The zero-order valence-electron chi connectivity index (χ0n) is 18.8. The van der Waals surface area contributed by atoms with E-state index in [4.69, 9.17) is 4.74 Å². The lowest BCUT2D eigenvalue weighted by Crippen LogP contribution is -2.43. The van der Waals surface area contributed by atoms with Gasteiger partial charge in [0.25, 0.3) is 0 Å². The molecule has 32 heavy (non-hydrogen) atoms. The Morgan fingerprint density at radius 1 is 1.06 bits per heavy atom. The van der Waals surface area contributed by atoms with Gasteiger partial charge < -0.3 is 10.1 Å². The van der Waals surface area contributed by atoms with Crippen LogP contribution in [0.1, 0.15) is 39.2 Å². The third-order valence-corrected chi connectivity index (χ3v) is 7.58. The molecule has 0 unspecified atom stereocenters. The number of carbonyl (C=O) groups excluding carboxylic acids is 1. The van der Waals surface area contributed by atoms with Gasteiger partial charge in [0.15, 0.2) is 0 Å². The van der Waals surface area contributed by atoms with Gasteiger partial charge in [-0.1, -0.05) is 32.9 Å². The van der Waals surface area contributed by atoms with Crippen LogP contribution in [0.2, 0.25) is 0 Å². The van der Waals surface area contributed by atoms with Crippen molar-refractivity contribution in [2.75, 3.05) is 26.2 Å². The first-order chi connectivity index (χ1) is 15.1. The Labute approximate surface area is 189 Å². The lowest BCUT2D eigenvalue weighted by Gasteiger charge is -2.30. The molecule has 8 heteroatoms. The number of halogens is 1. The van der Waals surface area contributed by atoms with Crippen molar-refractivity contribution in [3.63, 3.8) is 0 Å². The van der Waals surface area contributed by atoms with Gasteiger partial charge in [-0.3, -0.25) is 4.79 Å². The number of nitrogens with zero attached hydrogens (tertiary/aromatic N) is 1. The minimum Gasteiger partial charge on any atom is -0.492 e. The molecule has 0 saturated carbocycles. The van der Waals surface area contributed by atoms with Crippen LogP contribution in [-0.4, -0.2) is 44.9 Å². The van der Waals surface area contributed by atoms with Gasteiger partial charge in [-0.05, 0) is 60.2 Å². The van der Waals surface area contributed by atoms with E-state index >= 15 is 0 Å². The molecule has 0 bridgehead atoms. The molecule has 1 heterocycles. The molecule has 1 saturated heterocycles. The molecule has 1 fully saturated rings. The van der Waals surface area contributed by atoms with Crippen molar-refractivity contribution in [3.05, 3.63) is 59.9 Å². The summed E-state index contributed by atoms with van der Waals surface area (Å²) in [4.78, 5) is 12.5. The van der Waals surface area contributed by atoms with E-state index in [0.29, 0.717) is 26.0 Å². The molecular weight excluding hydrogens is 431 g/mol. The highest BCUT2D eigenvalue weighted by atomic mass is 32.2. The second-order valence-corrected chi connectivity index (χ2v) is 11.0. The lowest BCUT2D eigenvalue weighted by molar-refractivity contribution is -0.126. The highest BCUT2D eigenvalue weighted by Crippen LogP contribution is 2.25. The molecule has 1 amide bonds. The van der Waals surface area contributed by atoms with Crippen molar-refractivity contribution >= 4 is 15.9 Å². The molecule has 0 radical (unpaired) electrons. The van der Waals surface area contributed by atoms with Crippen LogP contribution in [0.3, 0.4) is 0 Å². The van der Waals surface area contributed by atoms with E-state index in [0.717, 1.165) is 17.9 Å². The zero-order valence-corrected chi connectivity index (χ0v) is 19.6. The summed E-state index contributed by atoms with van der Waals surface area (Å²) in [6.45, 7) is 7.72. The fraction of sp³-hybridized carbons (Fsp3) is 0.458.